The van der Waals surface area contributed by atoms with E-state index in [9.17, 15) is 4.79 Å². The number of methoxy groups -OCH3 is 1. The predicted molar refractivity (Wildman–Crippen MR) is 59.3 cm³/mol. The predicted octanol–water partition coefficient (Wildman–Crippen LogP) is 2.01. The Balaban J connectivity index is 2.19. The van der Waals surface area contributed by atoms with Crippen molar-refractivity contribution in [2.45, 2.75) is 13.0 Å². The van der Waals surface area contributed by atoms with Crippen LogP contribution in [0.25, 0.3) is 0 Å². The highest BCUT2D eigenvalue weighted by Gasteiger charge is 2.42. The lowest BCUT2D eigenvalue weighted by Crippen LogP contribution is -2.14. The van der Waals surface area contributed by atoms with Gasteiger partial charge >= 0.3 is 5.97 Å². The summed E-state index contributed by atoms with van der Waals surface area (Å²) in [5.41, 5.74) is 2.13. The molecule has 1 unspecified atom stereocenters. The van der Waals surface area contributed by atoms with E-state index in [0.29, 0.717) is 11.6 Å². The Labute approximate surface area is 93.6 Å². The molecular weight excluding hydrogens is 214 g/mol. The molecule has 0 saturated carbocycles. The fourth-order valence-corrected chi connectivity index (χ4v) is 1.80. The van der Waals surface area contributed by atoms with Gasteiger partial charge in [-0.05, 0) is 24.6 Å². The van der Waals surface area contributed by atoms with Crippen molar-refractivity contribution in [3.63, 3.8) is 0 Å². The molecule has 0 bridgehead atoms. The molecule has 15 heavy (non-hydrogen) atoms. The number of hydrogen-bond donors (Lipinski definition) is 0. The first kappa shape index (κ1) is 10.3. The summed E-state index contributed by atoms with van der Waals surface area (Å²) in [6.45, 7) is 2.71. The van der Waals surface area contributed by atoms with Crippen LogP contribution in [0, 0.1) is 6.92 Å². The first-order valence-electron chi connectivity index (χ1n) is 4.74. The third kappa shape index (κ3) is 1.92. The van der Waals surface area contributed by atoms with Gasteiger partial charge in [0.05, 0.1) is 13.7 Å². The highest BCUT2D eigenvalue weighted by molar-refractivity contribution is 6.30. The summed E-state index contributed by atoms with van der Waals surface area (Å²) in [6.07, 6.45) is 0. The smallest absolute Gasteiger partial charge is 0.330 e. The molecule has 0 spiro atoms. The molecule has 1 aliphatic heterocycles. The molecule has 1 aromatic rings. The summed E-state index contributed by atoms with van der Waals surface area (Å²) in [5.74, 6) is -0.186. The van der Waals surface area contributed by atoms with Crippen LogP contribution >= 0.6 is 11.6 Å². The zero-order chi connectivity index (χ0) is 11.0. The van der Waals surface area contributed by atoms with Crippen LogP contribution in [0.5, 0.6) is 0 Å². The second-order valence-electron chi connectivity index (χ2n) is 3.62. The highest BCUT2D eigenvalue weighted by Crippen LogP contribution is 2.33. The van der Waals surface area contributed by atoms with E-state index in [1.165, 1.54) is 7.11 Å². The van der Waals surface area contributed by atoms with Crippen LogP contribution in [0.2, 0.25) is 5.02 Å². The molecule has 1 aromatic carbocycles. The van der Waals surface area contributed by atoms with E-state index in [2.05, 4.69) is 4.74 Å². The van der Waals surface area contributed by atoms with Crippen LogP contribution in [-0.4, -0.2) is 25.7 Å². The maximum atomic E-state index is 11.3. The number of halogens is 1. The summed E-state index contributed by atoms with van der Waals surface area (Å²) in [5, 5.41) is 0.686. The van der Waals surface area contributed by atoms with Gasteiger partial charge in [-0.1, -0.05) is 17.7 Å². The average Bonchev–Trinajstić information content (AvgIpc) is 3.00. The number of rotatable bonds is 2. The van der Waals surface area contributed by atoms with Crippen molar-refractivity contribution in [2.75, 3.05) is 18.6 Å². The van der Waals surface area contributed by atoms with Gasteiger partial charge in [0.15, 0.2) is 0 Å². The SMILES string of the molecule is COC(=O)C1CN1c1cc(Cl)ccc1C. The van der Waals surface area contributed by atoms with Crippen LogP contribution in [0.1, 0.15) is 5.56 Å². The molecule has 0 aromatic heterocycles. The first-order chi connectivity index (χ1) is 7.13. The molecule has 80 valence electrons. The molecular formula is C11H12ClNO2. The second kappa shape index (κ2) is 3.74. The van der Waals surface area contributed by atoms with E-state index in [1.807, 2.05) is 30.0 Å². The Kier molecular flexibility index (Phi) is 2.57. The van der Waals surface area contributed by atoms with Crippen molar-refractivity contribution in [2.24, 2.45) is 0 Å². The molecule has 3 nitrogen and oxygen atoms in total. The van der Waals surface area contributed by atoms with Gasteiger partial charge in [-0.15, -0.1) is 0 Å². The Morgan fingerprint density at radius 2 is 2.33 bits per heavy atom. The molecule has 0 radical (unpaired) electrons. The summed E-state index contributed by atoms with van der Waals surface area (Å²) in [6, 6.07) is 5.54. The number of esters is 1. The molecule has 2 rings (SSSR count). The minimum atomic E-state index is -0.186. The van der Waals surface area contributed by atoms with Crippen LogP contribution in [0.3, 0.4) is 0 Å². The van der Waals surface area contributed by atoms with E-state index >= 15 is 0 Å². The normalized spacial score (nSPS) is 18.9. The minimum absolute atomic E-state index is 0.132. The van der Waals surface area contributed by atoms with Crippen molar-refractivity contribution in [1.29, 1.82) is 0 Å². The summed E-state index contributed by atoms with van der Waals surface area (Å²) in [4.78, 5) is 13.2. The van der Waals surface area contributed by atoms with E-state index in [0.717, 1.165) is 11.3 Å². The Hall–Kier alpha value is -1.22. The molecule has 1 saturated heterocycles. The number of nitrogens with zero attached hydrogens (tertiary/aromatic N) is 1. The van der Waals surface area contributed by atoms with Crippen molar-refractivity contribution in [3.8, 4) is 0 Å². The summed E-state index contributed by atoms with van der Waals surface area (Å²) in [7, 11) is 1.41. The number of hydrogen-bond acceptors (Lipinski definition) is 3. The van der Waals surface area contributed by atoms with Crippen molar-refractivity contribution in [3.05, 3.63) is 28.8 Å². The molecule has 1 atom stereocenters. The number of benzene rings is 1. The molecule has 1 heterocycles. The largest absolute Gasteiger partial charge is 0.467 e. The van der Waals surface area contributed by atoms with Gasteiger partial charge in [0.25, 0.3) is 0 Å². The van der Waals surface area contributed by atoms with Gasteiger partial charge < -0.3 is 9.64 Å². The zero-order valence-corrected chi connectivity index (χ0v) is 9.41. The quantitative estimate of drug-likeness (QED) is 0.570. The van der Waals surface area contributed by atoms with Gasteiger partial charge in [0.1, 0.15) is 6.04 Å². The van der Waals surface area contributed by atoms with Gasteiger partial charge in [-0.2, -0.15) is 0 Å². The Bertz CT molecular complexity index is 406. The molecule has 1 aliphatic rings. The Morgan fingerprint density at radius 1 is 1.60 bits per heavy atom. The fourth-order valence-electron chi connectivity index (χ4n) is 1.64. The maximum absolute atomic E-state index is 11.3. The number of carbonyl (C=O) groups is 1. The third-order valence-electron chi connectivity index (χ3n) is 2.57. The molecule has 4 heteroatoms. The molecule has 0 N–H and O–H groups in total. The van der Waals surface area contributed by atoms with Crippen LogP contribution in [0.4, 0.5) is 5.69 Å². The van der Waals surface area contributed by atoms with Crippen molar-refractivity contribution >= 4 is 23.3 Å². The lowest BCUT2D eigenvalue weighted by Gasteiger charge is -2.08. The van der Waals surface area contributed by atoms with Crippen molar-refractivity contribution < 1.29 is 9.53 Å². The van der Waals surface area contributed by atoms with Gasteiger partial charge in [0.2, 0.25) is 0 Å². The molecule has 1 fully saturated rings. The number of aryl methyl sites for hydroxylation is 1. The van der Waals surface area contributed by atoms with E-state index in [1.54, 1.807) is 0 Å². The topological polar surface area (TPSA) is 29.3 Å². The summed E-state index contributed by atoms with van der Waals surface area (Å²) < 4.78 is 4.68. The second-order valence-corrected chi connectivity index (χ2v) is 4.06. The van der Waals surface area contributed by atoms with Crippen LogP contribution in [-0.2, 0) is 9.53 Å². The highest BCUT2D eigenvalue weighted by atomic mass is 35.5. The lowest BCUT2D eigenvalue weighted by molar-refractivity contribution is -0.139. The van der Waals surface area contributed by atoms with Crippen LogP contribution < -0.4 is 4.90 Å². The van der Waals surface area contributed by atoms with E-state index in [4.69, 9.17) is 11.6 Å². The number of carbonyl (C=O) groups excluding carboxylic acids is 1. The Morgan fingerprint density at radius 3 is 3.00 bits per heavy atom. The summed E-state index contributed by atoms with van der Waals surface area (Å²) >= 11 is 5.91. The van der Waals surface area contributed by atoms with E-state index < -0.39 is 0 Å². The average molecular weight is 226 g/mol. The minimum Gasteiger partial charge on any atom is -0.467 e. The third-order valence-corrected chi connectivity index (χ3v) is 2.80. The van der Waals surface area contributed by atoms with Gasteiger partial charge in [-0.3, -0.25) is 0 Å². The van der Waals surface area contributed by atoms with E-state index in [-0.39, 0.29) is 12.0 Å². The first-order valence-corrected chi connectivity index (χ1v) is 5.12. The van der Waals surface area contributed by atoms with Gasteiger partial charge in [-0.25, -0.2) is 4.79 Å². The maximum Gasteiger partial charge on any atom is 0.330 e. The van der Waals surface area contributed by atoms with Gasteiger partial charge in [0, 0.05) is 10.7 Å². The lowest BCUT2D eigenvalue weighted by atomic mass is 10.2. The monoisotopic (exact) mass is 225 g/mol. The number of anilines is 1. The number of ether oxygens (including phenoxy) is 1. The molecule has 0 aliphatic carbocycles. The zero-order valence-electron chi connectivity index (χ0n) is 8.66. The molecule has 0 amide bonds. The fraction of sp³-hybridized carbons (Fsp3) is 0.364. The standard InChI is InChI=1S/C11H12ClNO2/c1-7-3-4-8(12)5-9(7)13-6-10(13)11(14)15-2/h3-5,10H,6H2,1-2H3. The van der Waals surface area contributed by atoms with Crippen molar-refractivity contribution in [1.82, 2.24) is 0 Å². The van der Waals surface area contributed by atoms with Crippen LogP contribution in [0.15, 0.2) is 18.2 Å².